The van der Waals surface area contributed by atoms with Gasteiger partial charge in [0.05, 0.1) is 6.04 Å². The van der Waals surface area contributed by atoms with E-state index < -0.39 is 40.5 Å². The molecule has 0 aromatic heterocycles. The maximum atomic E-state index is 12.3. The number of amides is 5. The number of nitrogens with one attached hydrogen (secondary N) is 2. The fourth-order valence-corrected chi connectivity index (χ4v) is 3.28. The van der Waals surface area contributed by atoms with Crippen molar-refractivity contribution in [1.29, 1.82) is 0 Å². The van der Waals surface area contributed by atoms with E-state index in [0.717, 1.165) is 4.90 Å². The predicted octanol–water partition coefficient (Wildman–Crippen LogP) is -0.928. The Labute approximate surface area is 144 Å². The number of carbonyl (C=O) groups excluding carboxylic acids is 3. The second kappa shape index (κ2) is 7.41. The summed E-state index contributed by atoms with van der Waals surface area (Å²) < 4.78 is 34.7. The minimum atomic E-state index is -4.84. The molecule has 2 atom stereocenters. The van der Waals surface area contributed by atoms with E-state index in [2.05, 4.69) is 15.1 Å². The molecule has 5 amide bonds. The second-order valence-electron chi connectivity index (χ2n) is 5.60. The molecule has 25 heavy (non-hydrogen) atoms. The normalized spacial score (nSPS) is 22.8. The molecule has 2 fully saturated rings. The number of hydrogen-bond donors (Lipinski definition) is 3. The highest BCUT2D eigenvalue weighted by Crippen LogP contribution is 2.30. The standard InChI is InChI=1S/C12H21N5O7S/c1-3-15(4-2)11(19)14-13-10(18)9-6-5-8-7-16(9)12(20)17(8)24-25(21,22)23/h8-9H,3-7H2,1-2H3,(H,13,18)(H,14,19)(H,21,22,23)/t8-,9+/m1/s1. The van der Waals surface area contributed by atoms with Crippen molar-refractivity contribution in [3.63, 3.8) is 0 Å². The first-order valence-corrected chi connectivity index (χ1v) is 9.16. The Bertz CT molecular complexity index is 650. The van der Waals surface area contributed by atoms with Gasteiger partial charge in [-0.05, 0) is 26.7 Å². The van der Waals surface area contributed by atoms with Crippen molar-refractivity contribution in [2.45, 2.75) is 38.8 Å². The third kappa shape index (κ3) is 4.29. The van der Waals surface area contributed by atoms with Crippen molar-refractivity contribution in [2.24, 2.45) is 0 Å². The Morgan fingerprint density at radius 1 is 1.28 bits per heavy atom. The van der Waals surface area contributed by atoms with Crippen LogP contribution in [0.2, 0.25) is 0 Å². The minimum Gasteiger partial charge on any atom is -0.324 e. The lowest BCUT2D eigenvalue weighted by Gasteiger charge is -2.29. The van der Waals surface area contributed by atoms with Crippen LogP contribution in [0, 0.1) is 0 Å². The van der Waals surface area contributed by atoms with Gasteiger partial charge in [-0.25, -0.2) is 15.0 Å². The van der Waals surface area contributed by atoms with E-state index in [0.29, 0.717) is 24.6 Å². The summed E-state index contributed by atoms with van der Waals surface area (Å²) in [6.45, 7) is 4.60. The summed E-state index contributed by atoms with van der Waals surface area (Å²) in [5, 5.41) is 0.553. The van der Waals surface area contributed by atoms with Crippen molar-refractivity contribution in [3.05, 3.63) is 0 Å². The molecule has 2 rings (SSSR count). The lowest BCUT2D eigenvalue weighted by molar-refractivity contribution is -0.126. The predicted molar refractivity (Wildman–Crippen MR) is 83.0 cm³/mol. The second-order valence-corrected chi connectivity index (χ2v) is 6.61. The maximum Gasteiger partial charge on any atom is 0.418 e. The monoisotopic (exact) mass is 379 g/mol. The number of carbonyl (C=O) groups is 3. The van der Waals surface area contributed by atoms with Gasteiger partial charge in [0, 0.05) is 19.6 Å². The number of hydrazine groups is 1. The summed E-state index contributed by atoms with van der Waals surface area (Å²) in [6.07, 6.45) is 0.564. The van der Waals surface area contributed by atoms with Crippen LogP contribution >= 0.6 is 0 Å². The van der Waals surface area contributed by atoms with Gasteiger partial charge in [0.15, 0.2) is 0 Å². The van der Waals surface area contributed by atoms with Crippen LogP contribution in [-0.2, 0) is 19.5 Å². The highest BCUT2D eigenvalue weighted by atomic mass is 32.3. The number of urea groups is 2. The number of hydrogen-bond acceptors (Lipinski definition) is 6. The molecule has 3 N–H and O–H groups in total. The summed E-state index contributed by atoms with van der Waals surface area (Å²) in [6, 6.07) is -2.77. The van der Waals surface area contributed by atoms with Gasteiger partial charge in [-0.3, -0.25) is 14.8 Å². The van der Waals surface area contributed by atoms with Crippen LogP contribution in [0.3, 0.4) is 0 Å². The topological polar surface area (TPSA) is 149 Å². The zero-order valence-corrected chi connectivity index (χ0v) is 14.7. The third-order valence-corrected chi connectivity index (χ3v) is 4.49. The zero-order valence-electron chi connectivity index (χ0n) is 13.8. The highest BCUT2D eigenvalue weighted by Gasteiger charge is 2.49. The molecule has 12 nitrogen and oxygen atoms in total. The van der Waals surface area contributed by atoms with Crippen molar-refractivity contribution in [1.82, 2.24) is 25.7 Å². The van der Waals surface area contributed by atoms with Gasteiger partial charge >= 0.3 is 22.5 Å². The van der Waals surface area contributed by atoms with Crippen molar-refractivity contribution >= 4 is 28.4 Å². The van der Waals surface area contributed by atoms with E-state index in [1.54, 1.807) is 13.8 Å². The number of rotatable bonds is 5. The Kier molecular flexibility index (Phi) is 5.69. The van der Waals surface area contributed by atoms with Crippen molar-refractivity contribution in [3.8, 4) is 0 Å². The minimum absolute atomic E-state index is 0.0798. The van der Waals surface area contributed by atoms with E-state index >= 15 is 0 Å². The molecule has 13 heteroatoms. The fraction of sp³-hybridized carbons (Fsp3) is 0.750. The van der Waals surface area contributed by atoms with E-state index in [-0.39, 0.29) is 13.0 Å². The van der Waals surface area contributed by atoms with Crippen LogP contribution in [0.4, 0.5) is 9.59 Å². The van der Waals surface area contributed by atoms with E-state index in [1.165, 1.54) is 4.90 Å². The Morgan fingerprint density at radius 3 is 2.48 bits per heavy atom. The molecule has 0 unspecified atom stereocenters. The first-order chi connectivity index (χ1) is 11.7. The smallest absolute Gasteiger partial charge is 0.324 e. The molecule has 2 aliphatic heterocycles. The molecule has 2 heterocycles. The number of fused-ring (bicyclic) bond motifs is 2. The molecule has 0 aliphatic carbocycles. The molecule has 2 bridgehead atoms. The molecule has 0 spiro atoms. The van der Waals surface area contributed by atoms with Crippen LogP contribution in [0.5, 0.6) is 0 Å². The molecule has 2 aliphatic rings. The molecule has 0 aromatic carbocycles. The van der Waals surface area contributed by atoms with Crippen molar-refractivity contribution < 1.29 is 31.6 Å². The van der Waals surface area contributed by atoms with Gasteiger partial charge in [-0.15, -0.1) is 4.28 Å². The van der Waals surface area contributed by atoms with Gasteiger partial charge in [0.2, 0.25) is 0 Å². The summed E-state index contributed by atoms with van der Waals surface area (Å²) in [4.78, 5) is 38.9. The van der Waals surface area contributed by atoms with Gasteiger partial charge in [-0.1, -0.05) is 0 Å². The number of hydroxylamine groups is 2. The third-order valence-electron chi connectivity index (χ3n) is 4.14. The maximum absolute atomic E-state index is 12.3. The van der Waals surface area contributed by atoms with Crippen LogP contribution in [0.1, 0.15) is 26.7 Å². The van der Waals surface area contributed by atoms with E-state index in [4.69, 9.17) is 4.55 Å². The largest absolute Gasteiger partial charge is 0.418 e. The van der Waals surface area contributed by atoms with Crippen molar-refractivity contribution in [2.75, 3.05) is 19.6 Å². The number of piperidine rings is 1. The molecule has 142 valence electrons. The SMILES string of the molecule is CCN(CC)C(=O)NNC(=O)[C@@H]1CC[C@@H]2CN1C(=O)N2OS(=O)(=O)O. The number of nitrogens with zero attached hydrogens (tertiary/aromatic N) is 3. The Hall–Kier alpha value is -2.12. The summed E-state index contributed by atoms with van der Waals surface area (Å²) in [5.74, 6) is -0.596. The molecule has 0 saturated carbocycles. The fourth-order valence-electron chi connectivity index (χ4n) is 2.89. The van der Waals surface area contributed by atoms with Gasteiger partial charge in [0.1, 0.15) is 6.04 Å². The first-order valence-electron chi connectivity index (χ1n) is 7.79. The van der Waals surface area contributed by atoms with Gasteiger partial charge < -0.3 is 9.80 Å². The van der Waals surface area contributed by atoms with E-state index in [9.17, 15) is 22.8 Å². The summed E-state index contributed by atoms with van der Waals surface area (Å²) >= 11 is 0. The van der Waals surface area contributed by atoms with Crippen LogP contribution in [0.15, 0.2) is 0 Å². The van der Waals surface area contributed by atoms with Crippen LogP contribution in [0.25, 0.3) is 0 Å². The Morgan fingerprint density at radius 2 is 1.92 bits per heavy atom. The molecule has 0 radical (unpaired) electrons. The highest BCUT2D eigenvalue weighted by molar-refractivity contribution is 7.80. The first kappa shape index (κ1) is 19.2. The van der Waals surface area contributed by atoms with Gasteiger partial charge in [-0.2, -0.15) is 13.5 Å². The van der Waals surface area contributed by atoms with E-state index in [1.807, 2.05) is 0 Å². The quantitative estimate of drug-likeness (QED) is 0.413. The van der Waals surface area contributed by atoms with Crippen LogP contribution in [-0.4, -0.2) is 77.5 Å². The molecule has 0 aromatic rings. The van der Waals surface area contributed by atoms with Gasteiger partial charge in [0.25, 0.3) is 5.91 Å². The molecular weight excluding hydrogens is 358 g/mol. The lowest BCUT2D eigenvalue weighted by atomic mass is 10.0. The molecular formula is C12H21N5O7S. The summed E-state index contributed by atoms with van der Waals surface area (Å²) in [5.41, 5.74) is 4.54. The van der Waals surface area contributed by atoms with Crippen LogP contribution < -0.4 is 10.9 Å². The lowest BCUT2D eigenvalue weighted by Crippen LogP contribution is -2.56. The average molecular weight is 379 g/mol. The molecule has 2 saturated heterocycles. The zero-order chi connectivity index (χ0) is 18.8. The Balaban J connectivity index is 1.97. The average Bonchev–Trinajstić information content (AvgIpc) is 2.77. The summed E-state index contributed by atoms with van der Waals surface area (Å²) in [7, 11) is -4.84.